The van der Waals surface area contributed by atoms with Crippen molar-refractivity contribution >= 4 is 16.8 Å². The van der Waals surface area contributed by atoms with Gasteiger partial charge < -0.3 is 15.2 Å². The highest BCUT2D eigenvalue weighted by Gasteiger charge is 2.15. The molecule has 4 heteroatoms. The molecule has 0 unspecified atom stereocenters. The van der Waals surface area contributed by atoms with E-state index in [1.807, 2.05) is 13.0 Å². The van der Waals surface area contributed by atoms with Crippen molar-refractivity contribution in [3.63, 3.8) is 0 Å². The van der Waals surface area contributed by atoms with Crippen molar-refractivity contribution < 1.29 is 4.52 Å². The highest BCUT2D eigenvalue weighted by molar-refractivity contribution is 5.98. The summed E-state index contributed by atoms with van der Waals surface area (Å²) in [5.41, 5.74) is 10.8. The van der Waals surface area contributed by atoms with E-state index in [1.165, 1.54) is 10.9 Å². The number of nitrogens with zero attached hydrogens (tertiary/aromatic N) is 1. The number of nitrogens with two attached hydrogens (primary N) is 1. The van der Waals surface area contributed by atoms with Gasteiger partial charge in [-0.15, -0.1) is 0 Å². The van der Waals surface area contributed by atoms with Crippen molar-refractivity contribution in [3.8, 4) is 11.3 Å². The lowest BCUT2D eigenvalue weighted by Gasteiger charge is -1.99. The summed E-state index contributed by atoms with van der Waals surface area (Å²) in [7, 11) is 0. The second kappa shape index (κ2) is 3.38. The van der Waals surface area contributed by atoms with Crippen LogP contribution in [0.15, 0.2) is 28.8 Å². The molecule has 17 heavy (non-hydrogen) atoms. The number of anilines is 1. The first-order valence-corrected chi connectivity index (χ1v) is 5.47. The van der Waals surface area contributed by atoms with Crippen LogP contribution in [0.3, 0.4) is 0 Å². The molecular formula is C13H13N3O. The molecule has 0 spiro atoms. The molecule has 0 fully saturated rings. The highest BCUT2D eigenvalue weighted by atomic mass is 16.5. The molecule has 3 N–H and O–H groups in total. The summed E-state index contributed by atoms with van der Waals surface area (Å²) in [6, 6.07) is 7.93. The van der Waals surface area contributed by atoms with Crippen LogP contribution in [0.1, 0.15) is 11.3 Å². The van der Waals surface area contributed by atoms with Crippen LogP contribution in [0.2, 0.25) is 0 Å². The van der Waals surface area contributed by atoms with Gasteiger partial charge in [0.25, 0.3) is 0 Å². The first kappa shape index (κ1) is 9.96. The molecule has 0 aliphatic carbocycles. The lowest BCUT2D eigenvalue weighted by Crippen LogP contribution is -1.81. The summed E-state index contributed by atoms with van der Waals surface area (Å²) in [5.74, 6) is 0.335. The Morgan fingerprint density at radius 3 is 2.82 bits per heavy atom. The van der Waals surface area contributed by atoms with Gasteiger partial charge in [0.2, 0.25) is 5.88 Å². The van der Waals surface area contributed by atoms with Gasteiger partial charge in [-0.05, 0) is 25.5 Å². The SMILES string of the molecule is Cc1[nH]c2cccc(C)c2c1-c1cc(N)on1. The largest absolute Gasteiger partial charge is 0.368 e. The number of nitrogen functional groups attached to an aromatic ring is 1. The molecule has 4 nitrogen and oxygen atoms in total. The van der Waals surface area contributed by atoms with E-state index in [-0.39, 0.29) is 0 Å². The van der Waals surface area contributed by atoms with Crippen LogP contribution < -0.4 is 5.73 Å². The number of aromatic nitrogens is 2. The molecule has 0 aliphatic rings. The van der Waals surface area contributed by atoms with Gasteiger partial charge in [0, 0.05) is 28.2 Å². The van der Waals surface area contributed by atoms with Gasteiger partial charge in [-0.3, -0.25) is 0 Å². The summed E-state index contributed by atoms with van der Waals surface area (Å²) in [6.45, 7) is 4.11. The molecule has 0 amide bonds. The van der Waals surface area contributed by atoms with E-state index in [4.69, 9.17) is 10.3 Å². The number of fused-ring (bicyclic) bond motifs is 1. The number of H-pyrrole nitrogens is 1. The van der Waals surface area contributed by atoms with E-state index in [1.54, 1.807) is 6.07 Å². The van der Waals surface area contributed by atoms with E-state index in [0.717, 1.165) is 22.5 Å². The van der Waals surface area contributed by atoms with Gasteiger partial charge in [0.15, 0.2) is 0 Å². The zero-order valence-corrected chi connectivity index (χ0v) is 9.74. The molecule has 86 valence electrons. The molecule has 0 bridgehead atoms. The maximum absolute atomic E-state index is 5.58. The van der Waals surface area contributed by atoms with Gasteiger partial charge in [0.05, 0.1) is 0 Å². The molecule has 0 radical (unpaired) electrons. The van der Waals surface area contributed by atoms with Gasteiger partial charge in [-0.1, -0.05) is 17.3 Å². The monoisotopic (exact) mass is 227 g/mol. The minimum atomic E-state index is 0.335. The van der Waals surface area contributed by atoms with Crippen LogP contribution in [-0.2, 0) is 0 Å². The number of hydrogen-bond donors (Lipinski definition) is 2. The van der Waals surface area contributed by atoms with E-state index in [2.05, 4.69) is 29.2 Å². The fraction of sp³-hybridized carbons (Fsp3) is 0.154. The van der Waals surface area contributed by atoms with Gasteiger partial charge in [-0.2, -0.15) is 0 Å². The van der Waals surface area contributed by atoms with Crippen LogP contribution in [0, 0.1) is 13.8 Å². The molecule has 2 heterocycles. The smallest absolute Gasteiger partial charge is 0.222 e. The lowest BCUT2D eigenvalue weighted by molar-refractivity contribution is 0.439. The molecule has 1 aromatic carbocycles. The quantitative estimate of drug-likeness (QED) is 0.671. The average molecular weight is 227 g/mol. The second-order valence-electron chi connectivity index (χ2n) is 4.24. The van der Waals surface area contributed by atoms with Gasteiger partial charge in [0.1, 0.15) is 5.69 Å². The minimum absolute atomic E-state index is 0.335. The normalized spacial score (nSPS) is 11.2. The van der Waals surface area contributed by atoms with Crippen molar-refractivity contribution in [2.45, 2.75) is 13.8 Å². The number of aryl methyl sites for hydroxylation is 2. The fourth-order valence-corrected chi connectivity index (χ4v) is 2.28. The first-order chi connectivity index (χ1) is 8.16. The average Bonchev–Trinajstić information content (AvgIpc) is 2.82. The Balaban J connectivity index is 2.39. The molecule has 0 atom stereocenters. The molecular weight excluding hydrogens is 214 g/mol. The van der Waals surface area contributed by atoms with Crippen LogP contribution in [-0.4, -0.2) is 10.1 Å². The van der Waals surface area contributed by atoms with Crippen molar-refractivity contribution in [1.82, 2.24) is 10.1 Å². The van der Waals surface area contributed by atoms with E-state index in [0.29, 0.717) is 5.88 Å². The van der Waals surface area contributed by atoms with Crippen LogP contribution in [0.4, 0.5) is 5.88 Å². The van der Waals surface area contributed by atoms with Crippen LogP contribution >= 0.6 is 0 Å². The summed E-state index contributed by atoms with van der Waals surface area (Å²) < 4.78 is 4.95. The van der Waals surface area contributed by atoms with Crippen LogP contribution in [0.25, 0.3) is 22.2 Å². The summed E-state index contributed by atoms with van der Waals surface area (Å²) >= 11 is 0. The lowest BCUT2D eigenvalue weighted by atomic mass is 10.0. The maximum atomic E-state index is 5.58. The maximum Gasteiger partial charge on any atom is 0.222 e. The summed E-state index contributed by atoms with van der Waals surface area (Å²) in [4.78, 5) is 3.35. The third-order valence-electron chi connectivity index (χ3n) is 3.00. The molecule has 3 rings (SSSR count). The molecule has 0 saturated carbocycles. The first-order valence-electron chi connectivity index (χ1n) is 5.47. The van der Waals surface area contributed by atoms with Crippen LogP contribution in [0.5, 0.6) is 0 Å². The minimum Gasteiger partial charge on any atom is -0.368 e. The Hall–Kier alpha value is -2.23. The topological polar surface area (TPSA) is 67.8 Å². The second-order valence-corrected chi connectivity index (χ2v) is 4.24. The predicted octanol–water partition coefficient (Wildman–Crippen LogP) is 3.02. The molecule has 3 aromatic rings. The standard InChI is InChI=1S/C13H13N3O/c1-7-4-3-5-9-12(7)13(8(2)15-9)10-6-11(14)17-16-10/h3-6,15H,14H2,1-2H3. The Morgan fingerprint density at radius 2 is 2.12 bits per heavy atom. The Kier molecular flexibility index (Phi) is 1.98. The third-order valence-corrected chi connectivity index (χ3v) is 3.00. The molecule has 0 aliphatic heterocycles. The van der Waals surface area contributed by atoms with E-state index >= 15 is 0 Å². The molecule has 2 aromatic heterocycles. The zero-order chi connectivity index (χ0) is 12.0. The fourth-order valence-electron chi connectivity index (χ4n) is 2.28. The zero-order valence-electron chi connectivity index (χ0n) is 9.74. The van der Waals surface area contributed by atoms with E-state index < -0.39 is 0 Å². The summed E-state index contributed by atoms with van der Waals surface area (Å²) in [5, 5.41) is 5.17. The van der Waals surface area contributed by atoms with Crippen molar-refractivity contribution in [3.05, 3.63) is 35.5 Å². The Morgan fingerprint density at radius 1 is 1.29 bits per heavy atom. The predicted molar refractivity (Wildman–Crippen MR) is 67.7 cm³/mol. The van der Waals surface area contributed by atoms with Gasteiger partial charge in [-0.25, -0.2) is 0 Å². The number of aromatic amines is 1. The molecule has 0 saturated heterocycles. The highest BCUT2D eigenvalue weighted by Crippen LogP contribution is 2.33. The van der Waals surface area contributed by atoms with Crippen molar-refractivity contribution in [1.29, 1.82) is 0 Å². The number of rotatable bonds is 1. The van der Waals surface area contributed by atoms with Crippen molar-refractivity contribution in [2.24, 2.45) is 0 Å². The van der Waals surface area contributed by atoms with Gasteiger partial charge >= 0.3 is 0 Å². The number of hydrogen-bond acceptors (Lipinski definition) is 3. The van der Waals surface area contributed by atoms with Crippen molar-refractivity contribution in [2.75, 3.05) is 5.73 Å². The number of nitrogens with one attached hydrogen (secondary N) is 1. The Bertz CT molecular complexity index is 694. The number of benzene rings is 1. The third kappa shape index (κ3) is 1.41. The van der Waals surface area contributed by atoms with E-state index in [9.17, 15) is 0 Å². The Labute approximate surface area is 98.4 Å². The summed E-state index contributed by atoms with van der Waals surface area (Å²) in [6.07, 6.45) is 0.